The fraction of sp³-hybridized carbons (Fsp3) is 0.308. The first-order chi connectivity index (χ1) is 9.20. The minimum Gasteiger partial charge on any atom is -0.314 e. The lowest BCUT2D eigenvalue weighted by molar-refractivity contribution is 0.482. The van der Waals surface area contributed by atoms with Gasteiger partial charge in [0.1, 0.15) is 0 Å². The van der Waals surface area contributed by atoms with Crippen molar-refractivity contribution in [3.05, 3.63) is 29.0 Å². The van der Waals surface area contributed by atoms with Crippen LogP contribution in [-0.2, 0) is 0 Å². The van der Waals surface area contributed by atoms with Crippen molar-refractivity contribution in [2.45, 2.75) is 25.9 Å². The summed E-state index contributed by atoms with van der Waals surface area (Å²) in [5.41, 5.74) is 9.28. The minimum absolute atomic E-state index is 0.165. The summed E-state index contributed by atoms with van der Waals surface area (Å²) in [5, 5.41) is 0. The zero-order valence-electron chi connectivity index (χ0n) is 10.6. The number of para-hydroxylation sites is 2. The molecule has 0 aliphatic heterocycles. The van der Waals surface area contributed by atoms with Gasteiger partial charge in [-0.15, -0.1) is 0 Å². The van der Waals surface area contributed by atoms with E-state index in [0.717, 1.165) is 29.5 Å². The lowest BCUT2D eigenvalue weighted by Crippen LogP contribution is -2.18. The van der Waals surface area contributed by atoms with Gasteiger partial charge >= 0.3 is 0 Å². The Morgan fingerprint density at radius 1 is 1.32 bits per heavy atom. The van der Waals surface area contributed by atoms with Crippen LogP contribution in [0.15, 0.2) is 24.3 Å². The molecule has 1 atom stereocenters. The van der Waals surface area contributed by atoms with Crippen molar-refractivity contribution in [3.8, 4) is 0 Å². The van der Waals surface area contributed by atoms with Gasteiger partial charge in [-0.25, -0.2) is 9.97 Å². The Balaban J connectivity index is 2.30. The zero-order chi connectivity index (χ0) is 13.4. The maximum Gasteiger partial charge on any atom is 0.181 e. The van der Waals surface area contributed by atoms with Crippen LogP contribution in [0.3, 0.4) is 0 Å². The number of aromatic nitrogens is 4. The van der Waals surface area contributed by atoms with Crippen LogP contribution in [0, 0.1) is 4.77 Å². The molecule has 19 heavy (non-hydrogen) atoms. The van der Waals surface area contributed by atoms with Gasteiger partial charge in [-0.3, -0.25) is 4.57 Å². The predicted molar refractivity (Wildman–Crippen MR) is 78.4 cm³/mol. The van der Waals surface area contributed by atoms with E-state index in [1.807, 2.05) is 28.8 Å². The highest BCUT2D eigenvalue weighted by atomic mass is 32.1. The number of aromatic amines is 1. The quantitative estimate of drug-likeness (QED) is 0.720. The van der Waals surface area contributed by atoms with E-state index in [1.165, 1.54) is 0 Å². The molecule has 3 N–H and O–H groups in total. The van der Waals surface area contributed by atoms with Gasteiger partial charge in [0.2, 0.25) is 0 Å². The first-order valence-corrected chi connectivity index (χ1v) is 6.74. The molecule has 5 nitrogen and oxygen atoms in total. The van der Waals surface area contributed by atoms with Gasteiger partial charge in [0.15, 0.2) is 16.1 Å². The zero-order valence-corrected chi connectivity index (χ0v) is 11.4. The minimum atomic E-state index is -0.165. The molecule has 1 unspecified atom stereocenters. The second-order valence-corrected chi connectivity index (χ2v) is 4.93. The average molecular weight is 273 g/mol. The summed E-state index contributed by atoms with van der Waals surface area (Å²) in [6.07, 6.45) is 1.69. The van der Waals surface area contributed by atoms with E-state index in [4.69, 9.17) is 18.0 Å². The molecule has 2 aromatic heterocycles. The number of rotatable bonds is 3. The molecule has 0 saturated heterocycles. The van der Waals surface area contributed by atoms with E-state index in [0.29, 0.717) is 10.4 Å². The molecule has 0 amide bonds. The number of H-pyrrole nitrogens is 1. The Hall–Kier alpha value is -1.79. The first-order valence-electron chi connectivity index (χ1n) is 6.33. The third kappa shape index (κ3) is 2.02. The number of nitrogens with zero attached hydrogens (tertiary/aromatic N) is 3. The van der Waals surface area contributed by atoms with Crippen molar-refractivity contribution < 1.29 is 0 Å². The summed E-state index contributed by atoms with van der Waals surface area (Å²) in [4.78, 5) is 12.2. The largest absolute Gasteiger partial charge is 0.314 e. The number of hydrogen-bond acceptors (Lipinski definition) is 4. The van der Waals surface area contributed by atoms with Gasteiger partial charge in [0, 0.05) is 0 Å². The summed E-state index contributed by atoms with van der Waals surface area (Å²) in [5.74, 6) is 0. The Morgan fingerprint density at radius 2 is 2.00 bits per heavy atom. The number of fused-ring (bicyclic) bond motifs is 2. The SMILES string of the molecule is CCCC(N)n1c(=S)[nH]c2nc3ccccc3nc21. The Morgan fingerprint density at radius 3 is 2.68 bits per heavy atom. The van der Waals surface area contributed by atoms with Crippen LogP contribution in [0.25, 0.3) is 22.3 Å². The van der Waals surface area contributed by atoms with Gasteiger partial charge in [0.05, 0.1) is 17.2 Å². The van der Waals surface area contributed by atoms with E-state index in [9.17, 15) is 0 Å². The van der Waals surface area contributed by atoms with Crippen molar-refractivity contribution >= 4 is 34.5 Å². The third-order valence-electron chi connectivity index (χ3n) is 3.14. The number of nitrogens with one attached hydrogen (secondary N) is 1. The fourth-order valence-corrected chi connectivity index (χ4v) is 2.55. The molecule has 0 bridgehead atoms. The molecule has 6 heteroatoms. The second kappa shape index (κ2) is 4.71. The van der Waals surface area contributed by atoms with E-state index < -0.39 is 0 Å². The van der Waals surface area contributed by atoms with E-state index in [1.54, 1.807) is 0 Å². The maximum absolute atomic E-state index is 6.17. The normalized spacial score (nSPS) is 13.2. The van der Waals surface area contributed by atoms with Crippen LogP contribution in [0.5, 0.6) is 0 Å². The summed E-state index contributed by atoms with van der Waals surface area (Å²) in [6.45, 7) is 2.10. The number of benzene rings is 1. The van der Waals surface area contributed by atoms with Gasteiger partial charge in [0.25, 0.3) is 0 Å². The van der Waals surface area contributed by atoms with Crippen LogP contribution in [-0.4, -0.2) is 19.5 Å². The van der Waals surface area contributed by atoms with Gasteiger partial charge in [-0.2, -0.15) is 0 Å². The fourth-order valence-electron chi connectivity index (χ4n) is 2.23. The predicted octanol–water partition coefficient (Wildman–Crippen LogP) is 2.90. The molecule has 0 fully saturated rings. The van der Waals surface area contributed by atoms with Crippen molar-refractivity contribution in [1.82, 2.24) is 19.5 Å². The molecule has 0 aliphatic rings. The maximum atomic E-state index is 6.17. The molecule has 98 valence electrons. The van der Waals surface area contributed by atoms with Crippen LogP contribution >= 0.6 is 12.2 Å². The lowest BCUT2D eigenvalue weighted by Gasteiger charge is -2.12. The van der Waals surface area contributed by atoms with Gasteiger partial charge in [-0.05, 0) is 30.8 Å². The summed E-state index contributed by atoms with van der Waals surface area (Å²) in [6, 6.07) is 7.76. The topological polar surface area (TPSA) is 72.5 Å². The van der Waals surface area contributed by atoms with E-state index >= 15 is 0 Å². The van der Waals surface area contributed by atoms with Crippen molar-refractivity contribution in [3.63, 3.8) is 0 Å². The summed E-state index contributed by atoms with van der Waals surface area (Å²) >= 11 is 5.33. The molecule has 0 radical (unpaired) electrons. The van der Waals surface area contributed by atoms with Crippen LogP contribution in [0.2, 0.25) is 0 Å². The van der Waals surface area contributed by atoms with Crippen molar-refractivity contribution in [1.29, 1.82) is 0 Å². The van der Waals surface area contributed by atoms with E-state index in [-0.39, 0.29) is 6.17 Å². The highest BCUT2D eigenvalue weighted by molar-refractivity contribution is 7.71. The Bertz CT molecular complexity index is 788. The highest BCUT2D eigenvalue weighted by Crippen LogP contribution is 2.19. The Kier molecular flexibility index (Phi) is 3.04. The summed E-state index contributed by atoms with van der Waals surface area (Å²) in [7, 11) is 0. The highest BCUT2D eigenvalue weighted by Gasteiger charge is 2.13. The molecule has 1 aromatic carbocycles. The molecule has 0 spiro atoms. The lowest BCUT2D eigenvalue weighted by atomic mass is 10.3. The smallest absolute Gasteiger partial charge is 0.181 e. The molecule has 3 aromatic rings. The van der Waals surface area contributed by atoms with Crippen molar-refractivity contribution in [2.75, 3.05) is 0 Å². The van der Waals surface area contributed by atoms with Gasteiger partial charge in [-0.1, -0.05) is 25.5 Å². The average Bonchev–Trinajstić information content (AvgIpc) is 2.71. The summed E-state index contributed by atoms with van der Waals surface area (Å²) < 4.78 is 2.43. The van der Waals surface area contributed by atoms with Gasteiger partial charge < -0.3 is 10.7 Å². The molecule has 3 rings (SSSR count). The molecule has 0 aliphatic carbocycles. The van der Waals surface area contributed by atoms with E-state index in [2.05, 4.69) is 21.9 Å². The number of imidazole rings is 1. The monoisotopic (exact) mass is 273 g/mol. The molecular weight excluding hydrogens is 258 g/mol. The standard InChI is InChI=1S/C13H15N5S/c1-2-5-10(14)18-12-11(17-13(18)19)15-8-6-3-4-7-9(8)16-12/h3-4,6-7,10H,2,5,14H2,1H3,(H,15,17,19). The third-order valence-corrected chi connectivity index (χ3v) is 3.44. The molecule has 2 heterocycles. The van der Waals surface area contributed by atoms with Crippen molar-refractivity contribution in [2.24, 2.45) is 5.73 Å². The van der Waals surface area contributed by atoms with Crippen LogP contribution in [0.4, 0.5) is 0 Å². The molecule has 0 saturated carbocycles. The second-order valence-electron chi connectivity index (χ2n) is 4.54. The number of nitrogens with two attached hydrogens (primary N) is 1. The number of hydrogen-bond donors (Lipinski definition) is 2. The first kappa shape index (κ1) is 12.3. The van der Waals surface area contributed by atoms with Crippen LogP contribution in [0.1, 0.15) is 25.9 Å². The Labute approximate surface area is 115 Å². The van der Waals surface area contributed by atoms with Crippen LogP contribution < -0.4 is 5.73 Å². The molecular formula is C13H15N5S.